The Labute approximate surface area is 122 Å². The molecule has 0 saturated heterocycles. The third-order valence-corrected chi connectivity index (χ3v) is 3.95. The molecule has 21 heavy (non-hydrogen) atoms. The molecule has 0 N–H and O–H groups in total. The molecule has 1 aromatic carbocycles. The predicted octanol–water partition coefficient (Wildman–Crippen LogP) is 4.14. The summed E-state index contributed by atoms with van der Waals surface area (Å²) in [6, 6.07) is 9.54. The summed E-state index contributed by atoms with van der Waals surface area (Å²) < 4.78 is 43.2. The van der Waals surface area contributed by atoms with Gasteiger partial charge in [-0.1, -0.05) is 36.8 Å². The molecule has 1 aromatic rings. The van der Waals surface area contributed by atoms with E-state index in [1.54, 1.807) is 0 Å². The van der Waals surface area contributed by atoms with Crippen LogP contribution in [0.15, 0.2) is 30.3 Å². The second-order valence-corrected chi connectivity index (χ2v) is 5.51. The zero-order valence-electron chi connectivity index (χ0n) is 11.7. The van der Waals surface area contributed by atoms with Gasteiger partial charge in [-0.25, -0.2) is 0 Å². The highest BCUT2D eigenvalue weighted by molar-refractivity contribution is 5.72. The molecule has 1 aliphatic rings. The summed E-state index contributed by atoms with van der Waals surface area (Å²) in [5.74, 6) is -2.46. The van der Waals surface area contributed by atoms with E-state index in [1.165, 1.54) is 0 Å². The highest BCUT2D eigenvalue weighted by Crippen LogP contribution is 2.40. The Morgan fingerprint density at radius 2 is 1.90 bits per heavy atom. The standard InChI is InChI=1S/C16H19F3O2/c17-16(18,19)14-8-4-7-13(11-14)15(20)21-10-9-12-5-2-1-3-6-12/h1-3,5-6,13-14H,4,7-11H2. The maximum atomic E-state index is 12.7. The van der Waals surface area contributed by atoms with Crippen molar-refractivity contribution in [3.63, 3.8) is 0 Å². The van der Waals surface area contributed by atoms with Gasteiger partial charge < -0.3 is 4.74 Å². The van der Waals surface area contributed by atoms with Crippen LogP contribution >= 0.6 is 0 Å². The number of ether oxygens (including phenoxy) is 1. The van der Waals surface area contributed by atoms with Crippen LogP contribution in [0, 0.1) is 11.8 Å². The van der Waals surface area contributed by atoms with Gasteiger partial charge in [0.25, 0.3) is 0 Å². The van der Waals surface area contributed by atoms with Crippen LogP contribution in [-0.4, -0.2) is 18.8 Å². The second-order valence-electron chi connectivity index (χ2n) is 5.51. The van der Waals surface area contributed by atoms with Gasteiger partial charge in [0.1, 0.15) is 0 Å². The number of carbonyl (C=O) groups is 1. The molecule has 0 spiro atoms. The number of rotatable bonds is 4. The number of carbonyl (C=O) groups excluding carboxylic acids is 1. The molecule has 5 heteroatoms. The van der Waals surface area contributed by atoms with E-state index in [4.69, 9.17) is 4.74 Å². The summed E-state index contributed by atoms with van der Waals surface area (Å²) in [6.45, 7) is 0.218. The molecule has 0 aliphatic heterocycles. The highest BCUT2D eigenvalue weighted by atomic mass is 19.4. The topological polar surface area (TPSA) is 26.3 Å². The predicted molar refractivity (Wildman–Crippen MR) is 72.6 cm³/mol. The monoisotopic (exact) mass is 300 g/mol. The molecule has 1 aliphatic carbocycles. The van der Waals surface area contributed by atoms with Crippen LogP contribution < -0.4 is 0 Å². The van der Waals surface area contributed by atoms with E-state index in [-0.39, 0.29) is 19.4 Å². The number of hydrogen-bond acceptors (Lipinski definition) is 2. The van der Waals surface area contributed by atoms with Gasteiger partial charge in [0.15, 0.2) is 0 Å². The lowest BCUT2D eigenvalue weighted by Gasteiger charge is -2.29. The van der Waals surface area contributed by atoms with Crippen molar-refractivity contribution in [3.8, 4) is 0 Å². The van der Waals surface area contributed by atoms with Gasteiger partial charge in [0.05, 0.1) is 18.4 Å². The maximum absolute atomic E-state index is 12.7. The summed E-state index contributed by atoms with van der Waals surface area (Å²) >= 11 is 0. The minimum Gasteiger partial charge on any atom is -0.465 e. The molecule has 2 rings (SSSR count). The van der Waals surface area contributed by atoms with Crippen LogP contribution in [0.25, 0.3) is 0 Å². The summed E-state index contributed by atoms with van der Waals surface area (Å²) in [6.07, 6.45) is -2.70. The first-order valence-electron chi connectivity index (χ1n) is 7.24. The van der Waals surface area contributed by atoms with Crippen molar-refractivity contribution in [2.24, 2.45) is 11.8 Å². The minimum atomic E-state index is -4.21. The van der Waals surface area contributed by atoms with E-state index in [0.717, 1.165) is 5.56 Å². The molecule has 0 bridgehead atoms. The molecule has 2 unspecified atom stereocenters. The number of hydrogen-bond donors (Lipinski definition) is 0. The lowest BCUT2D eigenvalue weighted by atomic mass is 9.81. The van der Waals surface area contributed by atoms with Gasteiger partial charge in [-0.3, -0.25) is 4.79 Å². The summed E-state index contributed by atoms with van der Waals surface area (Å²) in [7, 11) is 0. The fraction of sp³-hybridized carbons (Fsp3) is 0.562. The average Bonchev–Trinajstić information content (AvgIpc) is 2.47. The van der Waals surface area contributed by atoms with E-state index in [1.807, 2.05) is 30.3 Å². The molecule has 0 radical (unpaired) electrons. The van der Waals surface area contributed by atoms with Crippen molar-refractivity contribution < 1.29 is 22.7 Å². The summed E-state index contributed by atoms with van der Waals surface area (Å²) in [5.41, 5.74) is 1.04. The van der Waals surface area contributed by atoms with Crippen molar-refractivity contribution in [2.75, 3.05) is 6.61 Å². The maximum Gasteiger partial charge on any atom is 0.391 e. The Hall–Kier alpha value is -1.52. The first-order chi connectivity index (χ1) is 9.97. The summed E-state index contributed by atoms with van der Waals surface area (Å²) in [4.78, 5) is 11.9. The van der Waals surface area contributed by atoms with Gasteiger partial charge in [0.2, 0.25) is 0 Å². The molecule has 0 amide bonds. The Bertz CT molecular complexity index is 456. The van der Waals surface area contributed by atoms with Crippen LogP contribution in [0.2, 0.25) is 0 Å². The van der Waals surface area contributed by atoms with E-state index < -0.39 is 24.0 Å². The fourth-order valence-electron chi connectivity index (χ4n) is 2.73. The molecule has 2 nitrogen and oxygen atoms in total. The zero-order chi connectivity index (χ0) is 15.3. The van der Waals surface area contributed by atoms with E-state index in [0.29, 0.717) is 19.3 Å². The molecule has 2 atom stereocenters. The molecular weight excluding hydrogens is 281 g/mol. The average molecular weight is 300 g/mol. The van der Waals surface area contributed by atoms with Crippen molar-refractivity contribution in [2.45, 2.75) is 38.3 Å². The van der Waals surface area contributed by atoms with Crippen LogP contribution in [0.5, 0.6) is 0 Å². The largest absolute Gasteiger partial charge is 0.465 e. The number of esters is 1. The van der Waals surface area contributed by atoms with Gasteiger partial charge in [0, 0.05) is 6.42 Å². The van der Waals surface area contributed by atoms with Crippen LogP contribution in [0.4, 0.5) is 13.2 Å². The van der Waals surface area contributed by atoms with Gasteiger partial charge in [-0.15, -0.1) is 0 Å². The van der Waals surface area contributed by atoms with Crippen molar-refractivity contribution in [1.82, 2.24) is 0 Å². The van der Waals surface area contributed by atoms with Crippen molar-refractivity contribution in [3.05, 3.63) is 35.9 Å². The molecule has 1 saturated carbocycles. The number of halogens is 3. The first kappa shape index (κ1) is 15.9. The lowest BCUT2D eigenvalue weighted by molar-refractivity contribution is -0.189. The quantitative estimate of drug-likeness (QED) is 0.781. The Morgan fingerprint density at radius 3 is 2.57 bits per heavy atom. The normalized spacial score (nSPS) is 22.8. The summed E-state index contributed by atoms with van der Waals surface area (Å²) in [5, 5.41) is 0. The zero-order valence-corrected chi connectivity index (χ0v) is 11.7. The van der Waals surface area contributed by atoms with E-state index in [2.05, 4.69) is 0 Å². The van der Waals surface area contributed by atoms with Crippen molar-refractivity contribution in [1.29, 1.82) is 0 Å². The van der Waals surface area contributed by atoms with Crippen molar-refractivity contribution >= 4 is 5.97 Å². The lowest BCUT2D eigenvalue weighted by Crippen LogP contribution is -2.32. The van der Waals surface area contributed by atoms with Crippen LogP contribution in [0.3, 0.4) is 0 Å². The van der Waals surface area contributed by atoms with Gasteiger partial charge in [-0.05, 0) is 24.8 Å². The van der Waals surface area contributed by atoms with E-state index in [9.17, 15) is 18.0 Å². The van der Waals surface area contributed by atoms with Gasteiger partial charge in [-0.2, -0.15) is 13.2 Å². The van der Waals surface area contributed by atoms with Gasteiger partial charge >= 0.3 is 12.1 Å². The number of benzene rings is 1. The highest BCUT2D eigenvalue weighted by Gasteiger charge is 2.43. The number of alkyl halides is 3. The Morgan fingerprint density at radius 1 is 1.19 bits per heavy atom. The SMILES string of the molecule is O=C(OCCc1ccccc1)C1CCCC(C(F)(F)F)C1. The molecule has 0 aromatic heterocycles. The molecule has 0 heterocycles. The third kappa shape index (κ3) is 4.76. The first-order valence-corrected chi connectivity index (χ1v) is 7.24. The minimum absolute atomic E-state index is 0.122. The van der Waals surface area contributed by atoms with Crippen LogP contribution in [0.1, 0.15) is 31.2 Å². The third-order valence-electron chi connectivity index (χ3n) is 3.95. The fourth-order valence-corrected chi connectivity index (χ4v) is 2.73. The molecule has 116 valence electrons. The molecule has 1 fully saturated rings. The molecular formula is C16H19F3O2. The Kier molecular flexibility index (Phi) is 5.26. The Balaban J connectivity index is 1.78. The van der Waals surface area contributed by atoms with E-state index >= 15 is 0 Å². The second kappa shape index (κ2) is 6.96. The smallest absolute Gasteiger partial charge is 0.391 e. The van der Waals surface area contributed by atoms with Crippen LogP contribution in [-0.2, 0) is 16.0 Å².